The molecule has 4 heteroatoms. The van der Waals surface area contributed by atoms with E-state index in [-0.39, 0.29) is 46.5 Å². The molecule has 0 saturated heterocycles. The van der Waals surface area contributed by atoms with Crippen molar-refractivity contribution >= 4 is 0 Å². The van der Waals surface area contributed by atoms with Gasteiger partial charge in [0, 0.05) is 0 Å². The van der Waals surface area contributed by atoms with E-state index in [2.05, 4.69) is 74.5 Å². The molecule has 0 fully saturated rings. The zero-order valence-electron chi connectivity index (χ0n) is 16.1. The Balaban J connectivity index is 0.000000823. The molecular formula is C24H25Cl2NTi-2. The maximum Gasteiger partial charge on any atom is 2.00 e. The van der Waals surface area contributed by atoms with Crippen LogP contribution in [0.1, 0.15) is 36.5 Å². The molecule has 0 amide bonds. The van der Waals surface area contributed by atoms with Crippen molar-refractivity contribution in [3.8, 4) is 22.3 Å². The molecule has 0 atom stereocenters. The average molecular weight is 446 g/mol. The van der Waals surface area contributed by atoms with E-state index in [9.17, 15) is 0 Å². The van der Waals surface area contributed by atoms with Gasteiger partial charge in [-0.05, 0) is 28.7 Å². The Morgan fingerprint density at radius 2 is 1.32 bits per heavy atom. The predicted molar refractivity (Wildman–Crippen MR) is 109 cm³/mol. The van der Waals surface area contributed by atoms with Gasteiger partial charge in [-0.2, -0.15) is 25.1 Å². The van der Waals surface area contributed by atoms with Gasteiger partial charge < -0.3 is 30.5 Å². The number of unbranched alkanes of at least 4 members (excludes halogenated alkanes) is 1. The van der Waals surface area contributed by atoms with E-state index in [4.69, 9.17) is 5.73 Å². The summed E-state index contributed by atoms with van der Waals surface area (Å²) in [7, 11) is 0. The normalized spacial score (nSPS) is 10.1. The third-order valence-electron chi connectivity index (χ3n) is 4.69. The fourth-order valence-corrected chi connectivity index (χ4v) is 3.37. The smallest absolute Gasteiger partial charge is 1.00 e. The Labute approximate surface area is 196 Å². The van der Waals surface area contributed by atoms with Crippen molar-refractivity contribution in [1.82, 2.24) is 0 Å². The first-order valence-electron chi connectivity index (χ1n) is 9.02. The molecule has 0 bridgehead atoms. The summed E-state index contributed by atoms with van der Waals surface area (Å²) >= 11 is 0. The molecule has 1 aliphatic carbocycles. The van der Waals surface area contributed by atoms with Crippen molar-refractivity contribution in [2.24, 2.45) is 0 Å². The van der Waals surface area contributed by atoms with Gasteiger partial charge in [0.2, 0.25) is 0 Å². The van der Waals surface area contributed by atoms with E-state index in [0.29, 0.717) is 6.54 Å². The Morgan fingerprint density at radius 1 is 0.786 bits per heavy atom. The van der Waals surface area contributed by atoms with E-state index in [1.165, 1.54) is 33.4 Å². The maximum absolute atomic E-state index is 6.60. The van der Waals surface area contributed by atoms with Gasteiger partial charge in [0.05, 0.1) is 0 Å². The minimum Gasteiger partial charge on any atom is -1.00 e. The van der Waals surface area contributed by atoms with Crippen LogP contribution >= 0.6 is 0 Å². The topological polar surface area (TPSA) is 23.8 Å². The van der Waals surface area contributed by atoms with Crippen LogP contribution in [0.3, 0.4) is 0 Å². The second-order valence-corrected chi connectivity index (χ2v) is 6.43. The SMILES string of the molecule is CCCC[NH-].[CH2-]c1ccccc1-c1cccc2c1Cc1ccccc1-2.[Cl-].[Cl-].[Ti+2]. The van der Waals surface area contributed by atoms with Gasteiger partial charge >= 0.3 is 21.7 Å². The number of nitrogens with one attached hydrogen (secondary N) is 1. The van der Waals surface area contributed by atoms with E-state index in [1.807, 2.05) is 6.07 Å². The van der Waals surface area contributed by atoms with Crippen molar-refractivity contribution in [3.05, 3.63) is 96.1 Å². The average Bonchev–Trinajstić information content (AvgIpc) is 3.02. The van der Waals surface area contributed by atoms with Crippen LogP contribution in [0, 0.1) is 6.92 Å². The second-order valence-electron chi connectivity index (χ2n) is 6.43. The summed E-state index contributed by atoms with van der Waals surface area (Å²) in [5.41, 5.74) is 15.9. The van der Waals surface area contributed by atoms with Crippen LogP contribution in [0.15, 0.2) is 66.7 Å². The molecular weight excluding hydrogens is 421 g/mol. The van der Waals surface area contributed by atoms with Gasteiger partial charge in [-0.1, -0.05) is 73.9 Å². The van der Waals surface area contributed by atoms with E-state index in [0.717, 1.165) is 24.8 Å². The fourth-order valence-electron chi connectivity index (χ4n) is 3.37. The molecule has 3 aromatic carbocycles. The number of hydrogen-bond donors (Lipinski definition) is 0. The standard InChI is InChI=1S/C20H15.C4H10N.2ClH.Ti/c1-14-7-2-4-9-16(14)18-11-6-12-19-17-10-5-3-8-15(17)13-20(18)19;1-2-3-4-5;;;/h2-12H,1,13H2;5H,2-4H2,1H3;2*1H;/q2*-1;;;+2/p-2. The summed E-state index contributed by atoms with van der Waals surface area (Å²) in [5.74, 6) is 0. The first-order chi connectivity index (χ1) is 12.3. The van der Waals surface area contributed by atoms with Crippen molar-refractivity contribution in [2.75, 3.05) is 6.54 Å². The van der Waals surface area contributed by atoms with E-state index in [1.54, 1.807) is 0 Å². The first-order valence-corrected chi connectivity index (χ1v) is 9.02. The van der Waals surface area contributed by atoms with Gasteiger partial charge in [0.25, 0.3) is 0 Å². The van der Waals surface area contributed by atoms with Gasteiger partial charge in [0.1, 0.15) is 0 Å². The van der Waals surface area contributed by atoms with Gasteiger partial charge in [-0.25, -0.2) is 0 Å². The molecule has 0 aromatic heterocycles. The molecule has 146 valence electrons. The molecule has 0 unspecified atom stereocenters. The number of halogens is 2. The Hall–Kier alpha value is -1.22. The monoisotopic (exact) mass is 445 g/mol. The largest absolute Gasteiger partial charge is 2.00 e. The van der Waals surface area contributed by atoms with Crippen molar-refractivity contribution in [2.45, 2.75) is 26.2 Å². The van der Waals surface area contributed by atoms with Crippen LogP contribution < -0.4 is 24.8 Å². The minimum absolute atomic E-state index is 0. The number of fused-ring (bicyclic) bond motifs is 3. The van der Waals surface area contributed by atoms with Crippen LogP contribution in [-0.2, 0) is 28.1 Å². The molecule has 0 heterocycles. The quantitative estimate of drug-likeness (QED) is 0.331. The maximum atomic E-state index is 6.60. The summed E-state index contributed by atoms with van der Waals surface area (Å²) in [4.78, 5) is 0. The molecule has 1 nitrogen and oxygen atoms in total. The molecule has 1 N–H and O–H groups in total. The third-order valence-corrected chi connectivity index (χ3v) is 4.69. The summed E-state index contributed by atoms with van der Waals surface area (Å²) in [6.07, 6.45) is 3.24. The Kier molecular flexibility index (Phi) is 12.5. The van der Waals surface area contributed by atoms with Gasteiger partial charge in [-0.3, -0.25) is 0 Å². The molecule has 0 aliphatic heterocycles. The van der Waals surface area contributed by atoms with Crippen molar-refractivity contribution in [3.63, 3.8) is 0 Å². The van der Waals surface area contributed by atoms with Crippen LogP contribution in [0.2, 0.25) is 0 Å². The molecule has 1 aliphatic rings. The van der Waals surface area contributed by atoms with E-state index >= 15 is 0 Å². The zero-order valence-corrected chi connectivity index (χ0v) is 19.2. The van der Waals surface area contributed by atoms with Crippen LogP contribution in [0.4, 0.5) is 0 Å². The van der Waals surface area contributed by atoms with Gasteiger partial charge in [-0.15, -0.1) is 17.7 Å². The summed E-state index contributed by atoms with van der Waals surface area (Å²) in [5, 5.41) is 0. The van der Waals surface area contributed by atoms with Crippen LogP contribution in [-0.4, -0.2) is 6.54 Å². The van der Waals surface area contributed by atoms with Crippen molar-refractivity contribution < 1.29 is 46.5 Å². The fraction of sp³-hybridized carbons (Fsp3) is 0.208. The predicted octanol–water partition coefficient (Wildman–Crippen LogP) is 0.951. The third kappa shape index (κ3) is 5.89. The molecule has 0 spiro atoms. The Bertz CT molecular complexity index is 863. The van der Waals surface area contributed by atoms with Crippen LogP contribution in [0.25, 0.3) is 28.0 Å². The molecule has 0 radical (unpaired) electrons. The molecule has 3 aromatic rings. The first kappa shape index (κ1) is 26.8. The number of benzene rings is 3. The van der Waals surface area contributed by atoms with Crippen molar-refractivity contribution in [1.29, 1.82) is 0 Å². The summed E-state index contributed by atoms with van der Waals surface area (Å²) in [6.45, 7) is 6.86. The minimum atomic E-state index is 0. The second kappa shape index (κ2) is 13.1. The molecule has 28 heavy (non-hydrogen) atoms. The van der Waals surface area contributed by atoms with E-state index < -0.39 is 0 Å². The van der Waals surface area contributed by atoms with Gasteiger partial charge in [0.15, 0.2) is 0 Å². The summed E-state index contributed by atoms with van der Waals surface area (Å²) in [6, 6.07) is 23.7. The summed E-state index contributed by atoms with van der Waals surface area (Å²) < 4.78 is 0. The molecule has 0 saturated carbocycles. The van der Waals surface area contributed by atoms with Crippen LogP contribution in [0.5, 0.6) is 0 Å². The number of rotatable bonds is 3. The zero-order chi connectivity index (χ0) is 17.6. The number of hydrogen-bond acceptors (Lipinski definition) is 0. The molecule has 4 rings (SSSR count). The Morgan fingerprint density at radius 3 is 1.89 bits per heavy atom.